The molecular weight excluding hydrogens is 262 g/mol. The molecule has 18 heavy (non-hydrogen) atoms. The molecule has 3 heteroatoms. The highest BCUT2D eigenvalue weighted by Crippen LogP contribution is 2.29. The van der Waals surface area contributed by atoms with Crippen LogP contribution in [0.15, 0.2) is 42.5 Å². The fourth-order valence-corrected chi connectivity index (χ4v) is 2.68. The third kappa shape index (κ3) is 3.70. The van der Waals surface area contributed by atoms with Crippen molar-refractivity contribution >= 4 is 29.0 Å². The third-order valence-electron chi connectivity index (χ3n) is 2.55. The van der Waals surface area contributed by atoms with E-state index in [4.69, 9.17) is 11.6 Å². The molecule has 1 nitrogen and oxygen atoms in total. The van der Waals surface area contributed by atoms with E-state index in [-0.39, 0.29) is 0 Å². The zero-order valence-corrected chi connectivity index (χ0v) is 11.9. The van der Waals surface area contributed by atoms with Crippen LogP contribution in [0.1, 0.15) is 11.8 Å². The first-order chi connectivity index (χ1) is 8.79. The number of rotatable bonds is 5. The molecule has 0 saturated heterocycles. The van der Waals surface area contributed by atoms with Crippen LogP contribution in [0.25, 0.3) is 16.5 Å². The van der Waals surface area contributed by atoms with E-state index in [1.165, 1.54) is 15.3 Å². The number of hydrogen-bond acceptors (Lipinski definition) is 2. The van der Waals surface area contributed by atoms with Crippen LogP contribution in [0.2, 0.25) is 5.02 Å². The molecule has 1 aromatic heterocycles. The minimum absolute atomic E-state index is 0.779. The van der Waals surface area contributed by atoms with Gasteiger partial charge in [-0.1, -0.05) is 36.7 Å². The van der Waals surface area contributed by atoms with Gasteiger partial charge in [-0.05, 0) is 42.4 Å². The predicted octanol–water partition coefficient (Wildman–Crippen LogP) is 4.69. The summed E-state index contributed by atoms with van der Waals surface area (Å²) in [5.74, 6) is 0. The Morgan fingerprint density at radius 1 is 1.17 bits per heavy atom. The topological polar surface area (TPSA) is 12.0 Å². The van der Waals surface area contributed by atoms with E-state index in [1.807, 2.05) is 12.1 Å². The highest BCUT2D eigenvalue weighted by molar-refractivity contribution is 7.16. The highest BCUT2D eigenvalue weighted by Gasteiger charge is 2.00. The Morgan fingerprint density at radius 3 is 2.67 bits per heavy atom. The standard InChI is InChI=1S/C15H16ClNS/c1-2-17-11-3-4-14-9-10-15(18-14)12-5-7-13(16)8-6-12/h3-10,17H,2,11H2,1H3. The molecule has 0 saturated carbocycles. The summed E-state index contributed by atoms with van der Waals surface area (Å²) in [6.07, 6.45) is 4.31. The summed E-state index contributed by atoms with van der Waals surface area (Å²) in [5, 5.41) is 4.05. The molecule has 1 heterocycles. The Bertz CT molecular complexity index is 514. The van der Waals surface area contributed by atoms with Crippen LogP contribution in [0.5, 0.6) is 0 Å². The maximum atomic E-state index is 5.89. The molecule has 1 aromatic carbocycles. The molecule has 0 aliphatic heterocycles. The van der Waals surface area contributed by atoms with Crippen LogP contribution in [0.4, 0.5) is 0 Å². The van der Waals surface area contributed by atoms with Gasteiger partial charge < -0.3 is 5.32 Å². The van der Waals surface area contributed by atoms with Gasteiger partial charge in [0.15, 0.2) is 0 Å². The molecule has 0 aliphatic rings. The van der Waals surface area contributed by atoms with Crippen molar-refractivity contribution in [3.8, 4) is 10.4 Å². The van der Waals surface area contributed by atoms with E-state index in [2.05, 4.69) is 48.7 Å². The maximum absolute atomic E-state index is 5.89. The number of nitrogens with one attached hydrogen (secondary N) is 1. The summed E-state index contributed by atoms with van der Waals surface area (Å²) in [6.45, 7) is 4.03. The van der Waals surface area contributed by atoms with Gasteiger partial charge in [0.25, 0.3) is 0 Å². The van der Waals surface area contributed by atoms with Gasteiger partial charge in [0.1, 0.15) is 0 Å². The lowest BCUT2D eigenvalue weighted by Gasteiger charge is -1.96. The summed E-state index contributed by atoms with van der Waals surface area (Å²) in [4.78, 5) is 2.55. The number of likely N-dealkylation sites (N-methyl/N-ethyl adjacent to an activating group) is 1. The van der Waals surface area contributed by atoms with Gasteiger partial charge in [-0.15, -0.1) is 11.3 Å². The first kappa shape index (κ1) is 13.3. The molecule has 0 unspecified atom stereocenters. The van der Waals surface area contributed by atoms with Gasteiger partial charge in [-0.25, -0.2) is 0 Å². The van der Waals surface area contributed by atoms with Gasteiger partial charge in [-0.3, -0.25) is 0 Å². The molecule has 0 radical (unpaired) electrons. The van der Waals surface area contributed by atoms with Gasteiger partial charge in [0, 0.05) is 21.3 Å². The molecule has 0 fully saturated rings. The monoisotopic (exact) mass is 277 g/mol. The fourth-order valence-electron chi connectivity index (χ4n) is 1.61. The van der Waals surface area contributed by atoms with Crippen molar-refractivity contribution in [1.82, 2.24) is 5.32 Å². The molecule has 0 spiro atoms. The second-order valence-corrected chi connectivity index (χ2v) is 5.47. The Kier molecular flexibility index (Phi) is 5.00. The first-order valence-electron chi connectivity index (χ1n) is 6.02. The van der Waals surface area contributed by atoms with Crippen LogP contribution in [0.3, 0.4) is 0 Å². The zero-order valence-electron chi connectivity index (χ0n) is 10.3. The smallest absolute Gasteiger partial charge is 0.0406 e. The largest absolute Gasteiger partial charge is 0.314 e. The average molecular weight is 278 g/mol. The van der Waals surface area contributed by atoms with Gasteiger partial charge in [-0.2, -0.15) is 0 Å². The summed E-state index contributed by atoms with van der Waals surface area (Å²) in [5.41, 5.74) is 1.22. The van der Waals surface area contributed by atoms with Crippen molar-refractivity contribution in [2.75, 3.05) is 13.1 Å². The normalized spacial score (nSPS) is 11.2. The Morgan fingerprint density at radius 2 is 1.94 bits per heavy atom. The first-order valence-corrected chi connectivity index (χ1v) is 7.22. The summed E-state index contributed by atoms with van der Waals surface area (Å²) < 4.78 is 0. The predicted molar refractivity (Wildman–Crippen MR) is 82.3 cm³/mol. The molecule has 0 bridgehead atoms. The molecular formula is C15H16ClNS. The molecule has 0 aliphatic carbocycles. The molecule has 1 N–H and O–H groups in total. The van der Waals surface area contributed by atoms with E-state index >= 15 is 0 Å². The SMILES string of the molecule is CCNCC=Cc1ccc(-c2ccc(Cl)cc2)s1. The van der Waals surface area contributed by atoms with E-state index in [9.17, 15) is 0 Å². The Labute approximate surface area is 117 Å². The van der Waals surface area contributed by atoms with Crippen molar-refractivity contribution in [3.05, 3.63) is 52.4 Å². The second-order valence-electron chi connectivity index (χ2n) is 3.92. The second kappa shape index (κ2) is 6.74. The molecule has 2 aromatic rings. The third-order valence-corrected chi connectivity index (χ3v) is 3.90. The summed E-state index contributed by atoms with van der Waals surface area (Å²) in [6, 6.07) is 12.3. The lowest BCUT2D eigenvalue weighted by atomic mass is 10.2. The van der Waals surface area contributed by atoms with Crippen LogP contribution in [0, 0.1) is 0 Å². The van der Waals surface area contributed by atoms with Crippen molar-refractivity contribution in [2.24, 2.45) is 0 Å². The lowest BCUT2D eigenvalue weighted by Crippen LogP contribution is -2.11. The Hall–Kier alpha value is -1.09. The lowest BCUT2D eigenvalue weighted by molar-refractivity contribution is 0.801. The highest BCUT2D eigenvalue weighted by atomic mass is 35.5. The quantitative estimate of drug-likeness (QED) is 0.782. The van der Waals surface area contributed by atoms with E-state index < -0.39 is 0 Å². The minimum Gasteiger partial charge on any atom is -0.314 e. The maximum Gasteiger partial charge on any atom is 0.0406 e. The molecule has 2 rings (SSSR count). The molecule has 94 valence electrons. The van der Waals surface area contributed by atoms with E-state index in [0.717, 1.165) is 18.1 Å². The number of benzene rings is 1. The number of halogens is 1. The Balaban J connectivity index is 2.06. The van der Waals surface area contributed by atoms with Crippen LogP contribution >= 0.6 is 22.9 Å². The van der Waals surface area contributed by atoms with Gasteiger partial charge in [0.05, 0.1) is 0 Å². The van der Waals surface area contributed by atoms with Crippen LogP contribution in [-0.4, -0.2) is 13.1 Å². The van der Waals surface area contributed by atoms with Crippen molar-refractivity contribution in [3.63, 3.8) is 0 Å². The van der Waals surface area contributed by atoms with Crippen LogP contribution < -0.4 is 5.32 Å². The van der Waals surface area contributed by atoms with Crippen LogP contribution in [-0.2, 0) is 0 Å². The molecule has 0 atom stereocenters. The molecule has 0 amide bonds. The summed E-state index contributed by atoms with van der Waals surface area (Å²) in [7, 11) is 0. The van der Waals surface area contributed by atoms with Gasteiger partial charge >= 0.3 is 0 Å². The zero-order chi connectivity index (χ0) is 12.8. The van der Waals surface area contributed by atoms with Crippen molar-refractivity contribution in [1.29, 1.82) is 0 Å². The summed E-state index contributed by atoms with van der Waals surface area (Å²) >= 11 is 7.68. The number of hydrogen-bond donors (Lipinski definition) is 1. The van der Waals surface area contributed by atoms with E-state index in [1.54, 1.807) is 11.3 Å². The average Bonchev–Trinajstić information content (AvgIpc) is 2.84. The number of thiophene rings is 1. The van der Waals surface area contributed by atoms with Crippen molar-refractivity contribution in [2.45, 2.75) is 6.92 Å². The van der Waals surface area contributed by atoms with Gasteiger partial charge in [0.2, 0.25) is 0 Å². The van der Waals surface area contributed by atoms with Crippen molar-refractivity contribution < 1.29 is 0 Å². The fraction of sp³-hybridized carbons (Fsp3) is 0.200. The van der Waals surface area contributed by atoms with E-state index in [0.29, 0.717) is 0 Å². The minimum atomic E-state index is 0.779.